The quantitative estimate of drug-likeness (QED) is 0.853. The molecule has 0 radical (unpaired) electrons. The molecule has 0 amide bonds. The number of nitrogens with zero attached hydrogens (tertiary/aromatic N) is 1. The highest BCUT2D eigenvalue weighted by molar-refractivity contribution is 7.93. The number of nitrogen functional groups attached to an aromatic ring is 1. The van der Waals surface area contributed by atoms with E-state index >= 15 is 0 Å². The number of aryl methyl sites for hydroxylation is 1. The molecule has 1 aromatic carbocycles. The van der Waals surface area contributed by atoms with E-state index < -0.39 is 10.0 Å². The summed E-state index contributed by atoms with van der Waals surface area (Å²) in [6.07, 6.45) is 0. The molecular weight excluding hydrogens is 294 g/mol. The van der Waals surface area contributed by atoms with Crippen LogP contribution in [-0.4, -0.2) is 13.4 Å². The maximum absolute atomic E-state index is 12.1. The van der Waals surface area contributed by atoms with Gasteiger partial charge in [0.05, 0.1) is 10.7 Å². The maximum Gasteiger partial charge on any atom is 0.265 e. The molecule has 0 aliphatic heterocycles. The molecule has 0 spiro atoms. The summed E-state index contributed by atoms with van der Waals surface area (Å²) in [5.41, 5.74) is 6.63. The van der Waals surface area contributed by atoms with E-state index in [4.69, 9.17) is 17.3 Å². The Bertz CT molecular complexity index is 682. The van der Waals surface area contributed by atoms with Gasteiger partial charge in [0, 0.05) is 11.1 Å². The molecule has 18 heavy (non-hydrogen) atoms. The van der Waals surface area contributed by atoms with Crippen molar-refractivity contribution in [1.82, 2.24) is 4.98 Å². The summed E-state index contributed by atoms with van der Waals surface area (Å²) in [4.78, 5) is 3.97. The van der Waals surface area contributed by atoms with Crippen molar-refractivity contribution < 1.29 is 8.42 Å². The second kappa shape index (κ2) is 4.75. The zero-order chi connectivity index (χ0) is 13.3. The first-order valence-electron chi connectivity index (χ1n) is 4.88. The van der Waals surface area contributed by atoms with Gasteiger partial charge in [0.1, 0.15) is 4.90 Å². The van der Waals surface area contributed by atoms with Crippen LogP contribution in [0.3, 0.4) is 0 Å². The van der Waals surface area contributed by atoms with Gasteiger partial charge in [-0.2, -0.15) is 0 Å². The molecule has 3 N–H and O–H groups in total. The summed E-state index contributed by atoms with van der Waals surface area (Å²) in [6.45, 7) is 1.78. The van der Waals surface area contributed by atoms with Crippen LogP contribution in [0.25, 0.3) is 0 Å². The summed E-state index contributed by atoms with van der Waals surface area (Å²) in [5.74, 6) is 0. The molecule has 0 saturated carbocycles. The van der Waals surface area contributed by atoms with Crippen LogP contribution in [0.5, 0.6) is 0 Å². The fourth-order valence-electron chi connectivity index (χ4n) is 1.30. The molecule has 0 atom stereocenters. The van der Waals surface area contributed by atoms with E-state index in [2.05, 4.69) is 9.71 Å². The molecule has 0 bridgehead atoms. The van der Waals surface area contributed by atoms with Crippen molar-refractivity contribution in [2.75, 3.05) is 10.5 Å². The monoisotopic (exact) mass is 303 g/mol. The lowest BCUT2D eigenvalue weighted by atomic mass is 10.3. The Morgan fingerprint density at radius 1 is 1.44 bits per heavy atom. The van der Waals surface area contributed by atoms with Crippen LogP contribution in [-0.2, 0) is 10.0 Å². The average molecular weight is 304 g/mol. The smallest absolute Gasteiger partial charge is 0.265 e. The Labute approximate surface area is 114 Å². The summed E-state index contributed by atoms with van der Waals surface area (Å²) in [7, 11) is -3.77. The number of thiazole rings is 1. The normalized spacial score (nSPS) is 11.4. The third-order valence-corrected chi connectivity index (χ3v) is 4.91. The van der Waals surface area contributed by atoms with E-state index in [1.165, 1.54) is 29.5 Å². The molecule has 0 saturated heterocycles. The van der Waals surface area contributed by atoms with Crippen molar-refractivity contribution in [3.8, 4) is 0 Å². The van der Waals surface area contributed by atoms with Crippen LogP contribution >= 0.6 is 22.9 Å². The Hall–Kier alpha value is -1.31. The Morgan fingerprint density at radius 3 is 2.78 bits per heavy atom. The molecule has 0 aliphatic rings. The number of hydrogen-bond donors (Lipinski definition) is 2. The standard InChI is InChI=1S/C10H10ClN3O2S2/c1-6-5-17-10(13-6)14-18(15,16)9-4-7(12)2-3-8(9)11/h2-5H,12H2,1H3,(H,13,14). The first-order chi connectivity index (χ1) is 8.38. The number of rotatable bonds is 3. The molecule has 0 fully saturated rings. The minimum absolute atomic E-state index is 0.0583. The Morgan fingerprint density at radius 2 is 2.17 bits per heavy atom. The number of sulfonamides is 1. The maximum atomic E-state index is 12.1. The largest absolute Gasteiger partial charge is 0.399 e. The van der Waals surface area contributed by atoms with Crippen LogP contribution in [0.1, 0.15) is 5.69 Å². The molecule has 2 rings (SSSR count). The van der Waals surface area contributed by atoms with Gasteiger partial charge >= 0.3 is 0 Å². The highest BCUT2D eigenvalue weighted by atomic mass is 35.5. The minimum Gasteiger partial charge on any atom is -0.399 e. The van der Waals surface area contributed by atoms with Gasteiger partial charge in [0.2, 0.25) is 0 Å². The van der Waals surface area contributed by atoms with Gasteiger partial charge in [-0.15, -0.1) is 11.3 Å². The minimum atomic E-state index is -3.77. The molecule has 8 heteroatoms. The van der Waals surface area contributed by atoms with Crippen molar-refractivity contribution in [2.24, 2.45) is 0 Å². The third-order valence-electron chi connectivity index (χ3n) is 2.09. The van der Waals surface area contributed by atoms with Crippen molar-refractivity contribution in [3.63, 3.8) is 0 Å². The number of hydrogen-bond acceptors (Lipinski definition) is 5. The fourth-order valence-corrected chi connectivity index (χ4v) is 3.77. The molecule has 0 aliphatic carbocycles. The first kappa shape index (κ1) is 13.1. The molecule has 1 heterocycles. The van der Waals surface area contributed by atoms with Crippen molar-refractivity contribution >= 4 is 43.8 Å². The van der Waals surface area contributed by atoms with Crippen molar-refractivity contribution in [3.05, 3.63) is 34.3 Å². The van der Waals surface area contributed by atoms with E-state index in [1.807, 2.05) is 0 Å². The van der Waals surface area contributed by atoms with E-state index in [0.29, 0.717) is 10.8 Å². The van der Waals surface area contributed by atoms with Gasteiger partial charge < -0.3 is 5.73 Å². The van der Waals surface area contributed by atoms with Gasteiger partial charge in [0.15, 0.2) is 5.13 Å². The molecule has 96 valence electrons. The fraction of sp³-hybridized carbons (Fsp3) is 0.100. The van der Waals surface area contributed by atoms with Gasteiger partial charge in [-0.3, -0.25) is 4.72 Å². The predicted octanol–water partition coefficient (Wildman–Crippen LogP) is 2.49. The van der Waals surface area contributed by atoms with Crippen LogP contribution < -0.4 is 10.5 Å². The number of nitrogens with two attached hydrogens (primary N) is 1. The topological polar surface area (TPSA) is 85.1 Å². The van der Waals surface area contributed by atoms with E-state index in [1.54, 1.807) is 12.3 Å². The van der Waals surface area contributed by atoms with Gasteiger partial charge in [-0.05, 0) is 25.1 Å². The average Bonchev–Trinajstić information content (AvgIpc) is 2.66. The van der Waals surface area contributed by atoms with Crippen LogP contribution in [0.4, 0.5) is 10.8 Å². The summed E-state index contributed by atoms with van der Waals surface area (Å²) >= 11 is 7.07. The van der Waals surface area contributed by atoms with Gasteiger partial charge in [-0.25, -0.2) is 13.4 Å². The number of halogens is 1. The number of nitrogens with one attached hydrogen (secondary N) is 1. The van der Waals surface area contributed by atoms with E-state index in [9.17, 15) is 8.42 Å². The van der Waals surface area contributed by atoms with Gasteiger partial charge in [-0.1, -0.05) is 11.6 Å². The molecular formula is C10H10ClN3O2S2. The lowest BCUT2D eigenvalue weighted by Gasteiger charge is -2.07. The SMILES string of the molecule is Cc1csc(NS(=O)(=O)c2cc(N)ccc2Cl)n1. The van der Waals surface area contributed by atoms with E-state index in [-0.39, 0.29) is 9.92 Å². The lowest BCUT2D eigenvalue weighted by molar-refractivity contribution is 0.601. The highest BCUT2D eigenvalue weighted by Crippen LogP contribution is 2.26. The number of anilines is 2. The number of benzene rings is 1. The van der Waals surface area contributed by atoms with Crippen LogP contribution in [0, 0.1) is 6.92 Å². The third kappa shape index (κ3) is 2.74. The van der Waals surface area contributed by atoms with Crippen molar-refractivity contribution in [1.29, 1.82) is 0 Å². The lowest BCUT2D eigenvalue weighted by Crippen LogP contribution is -2.13. The van der Waals surface area contributed by atoms with Crippen LogP contribution in [0.15, 0.2) is 28.5 Å². The summed E-state index contributed by atoms with van der Waals surface area (Å²) in [5, 5.41) is 2.16. The van der Waals surface area contributed by atoms with E-state index in [0.717, 1.165) is 5.69 Å². The van der Waals surface area contributed by atoms with Gasteiger partial charge in [0.25, 0.3) is 10.0 Å². The molecule has 2 aromatic rings. The summed E-state index contributed by atoms with van der Waals surface area (Å²) in [6, 6.07) is 4.29. The summed E-state index contributed by atoms with van der Waals surface area (Å²) < 4.78 is 26.6. The Kier molecular flexibility index (Phi) is 3.47. The second-order valence-electron chi connectivity index (χ2n) is 3.59. The zero-order valence-corrected chi connectivity index (χ0v) is 11.7. The second-order valence-corrected chi connectivity index (χ2v) is 6.51. The molecule has 5 nitrogen and oxygen atoms in total. The Balaban J connectivity index is 2.39. The van der Waals surface area contributed by atoms with Crippen molar-refractivity contribution in [2.45, 2.75) is 11.8 Å². The predicted molar refractivity (Wildman–Crippen MR) is 73.5 cm³/mol. The zero-order valence-electron chi connectivity index (χ0n) is 9.34. The molecule has 0 unspecified atom stereocenters. The first-order valence-corrected chi connectivity index (χ1v) is 7.62. The van der Waals surface area contributed by atoms with Crippen LogP contribution in [0.2, 0.25) is 5.02 Å². The molecule has 1 aromatic heterocycles. The highest BCUT2D eigenvalue weighted by Gasteiger charge is 2.19. The number of aromatic nitrogens is 1.